The Hall–Kier alpha value is -1.07. The van der Waals surface area contributed by atoms with Crippen molar-refractivity contribution in [1.29, 1.82) is 0 Å². The molecule has 5 heteroatoms. The number of carbonyl (C=O) groups excluding carboxylic acids is 1. The molecule has 96 valence electrons. The molecule has 1 amide bonds. The lowest BCUT2D eigenvalue weighted by Crippen LogP contribution is -2.44. The minimum Gasteiger partial charge on any atom is -0.389 e. The highest BCUT2D eigenvalue weighted by Crippen LogP contribution is 2.19. The van der Waals surface area contributed by atoms with Crippen LogP contribution in [0.4, 0.5) is 0 Å². The Labute approximate surface area is 117 Å². The second kappa shape index (κ2) is 5.71. The van der Waals surface area contributed by atoms with Gasteiger partial charge in [0.15, 0.2) is 0 Å². The summed E-state index contributed by atoms with van der Waals surface area (Å²) in [6, 6.07) is 7.53. The predicted octanol–water partition coefficient (Wildman–Crippen LogP) is 1.90. The quantitative estimate of drug-likeness (QED) is 0.841. The van der Waals surface area contributed by atoms with E-state index in [0.717, 1.165) is 23.6 Å². The highest BCUT2D eigenvalue weighted by atomic mass is 32.2. The van der Waals surface area contributed by atoms with Gasteiger partial charge in [-0.1, -0.05) is 24.4 Å². The molecule has 1 heterocycles. The molecule has 1 aliphatic rings. The Balaban J connectivity index is 2.22. The molecule has 2 N–H and O–H groups in total. The normalized spacial score (nSPS) is 19.6. The molecular weight excluding hydrogens is 264 g/mol. The summed E-state index contributed by atoms with van der Waals surface area (Å²) < 4.78 is 0. The van der Waals surface area contributed by atoms with Gasteiger partial charge in [0.25, 0.3) is 5.91 Å². The topological polar surface area (TPSA) is 46.3 Å². The van der Waals surface area contributed by atoms with E-state index in [2.05, 4.69) is 6.92 Å². The summed E-state index contributed by atoms with van der Waals surface area (Å²) >= 11 is 6.83. The zero-order chi connectivity index (χ0) is 13.1. The monoisotopic (exact) mass is 280 g/mol. The molecule has 0 spiro atoms. The maximum Gasteiger partial charge on any atom is 0.254 e. The van der Waals surface area contributed by atoms with E-state index in [0.29, 0.717) is 10.6 Å². The van der Waals surface area contributed by atoms with Gasteiger partial charge in [-0.15, -0.1) is 0 Å². The summed E-state index contributed by atoms with van der Waals surface area (Å²) in [7, 11) is 0. The van der Waals surface area contributed by atoms with E-state index >= 15 is 0 Å². The number of carbonyl (C=O) groups is 1. The SMILES string of the molecule is CC1CSCCN1C(=O)c1cccc(C(N)=S)c1. The fourth-order valence-corrected chi connectivity index (χ4v) is 3.14. The van der Waals surface area contributed by atoms with Crippen molar-refractivity contribution in [2.45, 2.75) is 13.0 Å². The Kier molecular flexibility index (Phi) is 4.24. The number of hydrogen-bond acceptors (Lipinski definition) is 3. The van der Waals surface area contributed by atoms with Gasteiger partial charge in [-0.25, -0.2) is 0 Å². The number of nitrogens with two attached hydrogens (primary N) is 1. The van der Waals surface area contributed by atoms with Crippen molar-refractivity contribution in [1.82, 2.24) is 4.90 Å². The molecular formula is C13H16N2OS2. The van der Waals surface area contributed by atoms with Crippen LogP contribution in [0.1, 0.15) is 22.8 Å². The first-order chi connectivity index (χ1) is 8.59. The van der Waals surface area contributed by atoms with Crippen LogP contribution in [-0.4, -0.2) is 39.9 Å². The number of nitrogens with zero attached hydrogens (tertiary/aromatic N) is 1. The molecule has 0 saturated carbocycles. The number of thiocarbonyl (C=S) groups is 1. The average molecular weight is 280 g/mol. The number of benzene rings is 1. The Bertz CT molecular complexity index is 476. The van der Waals surface area contributed by atoms with Crippen LogP contribution in [0.15, 0.2) is 24.3 Å². The molecule has 1 aromatic rings. The standard InChI is InChI=1S/C13H16N2OS2/c1-9-8-18-6-5-15(9)13(16)11-4-2-3-10(7-11)12(14)17/h2-4,7,9H,5-6,8H2,1H3,(H2,14,17). The van der Waals surface area contributed by atoms with Crippen LogP contribution in [0.2, 0.25) is 0 Å². The molecule has 3 nitrogen and oxygen atoms in total. The van der Waals surface area contributed by atoms with Gasteiger partial charge in [-0.05, 0) is 19.1 Å². The third-order valence-electron chi connectivity index (χ3n) is 3.02. The summed E-state index contributed by atoms with van der Waals surface area (Å²) in [4.78, 5) is 14.7. The molecule has 1 aliphatic heterocycles. The fourth-order valence-electron chi connectivity index (χ4n) is 2.00. The summed E-state index contributed by atoms with van der Waals surface area (Å²) in [6.07, 6.45) is 0. The maximum atomic E-state index is 12.4. The van der Waals surface area contributed by atoms with Crippen LogP contribution in [0.5, 0.6) is 0 Å². The van der Waals surface area contributed by atoms with Gasteiger partial charge in [0.1, 0.15) is 4.99 Å². The molecule has 1 atom stereocenters. The fraction of sp³-hybridized carbons (Fsp3) is 0.385. The van der Waals surface area contributed by atoms with E-state index in [-0.39, 0.29) is 11.9 Å². The van der Waals surface area contributed by atoms with Crippen molar-refractivity contribution in [2.24, 2.45) is 5.73 Å². The maximum absolute atomic E-state index is 12.4. The van der Waals surface area contributed by atoms with Crippen molar-refractivity contribution in [2.75, 3.05) is 18.1 Å². The second-order valence-electron chi connectivity index (χ2n) is 4.37. The molecule has 1 aromatic carbocycles. The second-order valence-corrected chi connectivity index (χ2v) is 5.96. The molecule has 18 heavy (non-hydrogen) atoms. The van der Waals surface area contributed by atoms with Gasteiger partial charge in [0.05, 0.1) is 0 Å². The first-order valence-corrected chi connectivity index (χ1v) is 7.44. The van der Waals surface area contributed by atoms with Crippen LogP contribution in [0.3, 0.4) is 0 Å². The number of thioether (sulfide) groups is 1. The lowest BCUT2D eigenvalue weighted by Gasteiger charge is -2.33. The number of rotatable bonds is 2. The Morgan fingerprint density at radius 1 is 1.50 bits per heavy atom. The van der Waals surface area contributed by atoms with E-state index < -0.39 is 0 Å². The Morgan fingerprint density at radius 3 is 2.89 bits per heavy atom. The van der Waals surface area contributed by atoms with E-state index in [9.17, 15) is 4.79 Å². The van der Waals surface area contributed by atoms with E-state index in [4.69, 9.17) is 18.0 Å². The van der Waals surface area contributed by atoms with Gasteiger partial charge >= 0.3 is 0 Å². The van der Waals surface area contributed by atoms with Crippen molar-refractivity contribution in [3.05, 3.63) is 35.4 Å². The van der Waals surface area contributed by atoms with E-state index in [1.54, 1.807) is 6.07 Å². The van der Waals surface area contributed by atoms with Crippen LogP contribution in [0.25, 0.3) is 0 Å². The number of hydrogen-bond donors (Lipinski definition) is 1. The van der Waals surface area contributed by atoms with Crippen LogP contribution >= 0.6 is 24.0 Å². The highest BCUT2D eigenvalue weighted by Gasteiger charge is 2.24. The van der Waals surface area contributed by atoms with Crippen LogP contribution in [0, 0.1) is 0 Å². The highest BCUT2D eigenvalue weighted by molar-refractivity contribution is 7.99. The molecule has 0 radical (unpaired) electrons. The average Bonchev–Trinajstić information content (AvgIpc) is 2.38. The molecule has 0 aromatic heterocycles. The Morgan fingerprint density at radius 2 is 2.22 bits per heavy atom. The largest absolute Gasteiger partial charge is 0.389 e. The first-order valence-electron chi connectivity index (χ1n) is 5.88. The summed E-state index contributed by atoms with van der Waals surface area (Å²) in [5, 5.41) is 0. The summed E-state index contributed by atoms with van der Waals surface area (Å²) in [6.45, 7) is 2.89. The molecule has 0 bridgehead atoms. The summed E-state index contributed by atoms with van der Waals surface area (Å²) in [5.74, 6) is 2.08. The summed E-state index contributed by atoms with van der Waals surface area (Å²) in [5.41, 5.74) is 7.00. The third-order valence-corrected chi connectivity index (χ3v) is 4.45. The van der Waals surface area contributed by atoms with Gasteiger partial charge < -0.3 is 10.6 Å². The van der Waals surface area contributed by atoms with Crippen molar-refractivity contribution < 1.29 is 4.79 Å². The van der Waals surface area contributed by atoms with Gasteiger partial charge in [0, 0.05) is 35.2 Å². The zero-order valence-corrected chi connectivity index (χ0v) is 11.9. The molecule has 1 unspecified atom stereocenters. The minimum atomic E-state index is 0.0703. The third kappa shape index (κ3) is 2.84. The van der Waals surface area contributed by atoms with Gasteiger partial charge in [-0.2, -0.15) is 11.8 Å². The predicted molar refractivity (Wildman–Crippen MR) is 80.2 cm³/mol. The number of amides is 1. The minimum absolute atomic E-state index is 0.0703. The van der Waals surface area contributed by atoms with Crippen molar-refractivity contribution in [3.8, 4) is 0 Å². The molecule has 1 saturated heterocycles. The van der Waals surface area contributed by atoms with Gasteiger partial charge in [-0.3, -0.25) is 4.79 Å². The van der Waals surface area contributed by atoms with Gasteiger partial charge in [0.2, 0.25) is 0 Å². The van der Waals surface area contributed by atoms with E-state index in [1.165, 1.54) is 0 Å². The van der Waals surface area contributed by atoms with Crippen molar-refractivity contribution in [3.63, 3.8) is 0 Å². The molecule has 1 fully saturated rings. The van der Waals surface area contributed by atoms with Crippen molar-refractivity contribution >= 4 is 34.9 Å². The van der Waals surface area contributed by atoms with E-state index in [1.807, 2.05) is 34.9 Å². The lowest BCUT2D eigenvalue weighted by molar-refractivity contribution is 0.0716. The smallest absolute Gasteiger partial charge is 0.254 e. The van der Waals surface area contributed by atoms with Crippen LogP contribution < -0.4 is 5.73 Å². The first kappa shape index (κ1) is 13.4. The molecule has 0 aliphatic carbocycles. The lowest BCUT2D eigenvalue weighted by atomic mass is 10.1. The van der Waals surface area contributed by atoms with Crippen LogP contribution in [-0.2, 0) is 0 Å². The zero-order valence-electron chi connectivity index (χ0n) is 10.3. The molecule has 2 rings (SSSR count).